The van der Waals surface area contributed by atoms with Crippen molar-refractivity contribution >= 4 is 23.8 Å². The number of carboxylic acid groups (broad SMARTS) is 1. The highest BCUT2D eigenvalue weighted by Crippen LogP contribution is 2.49. The molecule has 2 N–H and O–H groups in total. The molecule has 4 atom stereocenters. The van der Waals surface area contributed by atoms with Gasteiger partial charge in [-0.25, -0.2) is 9.18 Å². The Balaban J connectivity index is 0.000000532. The SMILES string of the molecule is CCN1C(=O)[C@H]2[C@@H](c3ccc(-c4ccc(F)cc4)c(OC)c3)N[C@@](C)(C(=O)OC)[C@H]2C1=O.O=C(O)C(F)(F)F. The molecule has 0 aromatic heterocycles. The fraction of sp³-hybridized carbons (Fsp3) is 0.385. The van der Waals surface area contributed by atoms with Crippen LogP contribution in [-0.4, -0.2) is 66.2 Å². The number of esters is 1. The van der Waals surface area contributed by atoms with Crippen LogP contribution in [0.25, 0.3) is 11.1 Å². The minimum Gasteiger partial charge on any atom is -0.496 e. The quantitative estimate of drug-likeness (QED) is 0.328. The standard InChI is InChI=1S/C24H25FN2O5.C2HF3O2/c1-5-27-21(28)18-19(22(27)29)24(2,23(30)32-4)26-20(18)14-8-11-16(17(12-14)31-3)13-6-9-15(25)10-7-13;3-2(4,5)1(6)7/h6-12,18-20,26H,5H2,1-4H3;(H,6,7)/t18-,19-,20-,24-;/m1./s1. The average Bonchev–Trinajstić information content (AvgIpc) is 3.35. The Morgan fingerprint density at radius 3 is 2.15 bits per heavy atom. The molecule has 2 saturated heterocycles. The van der Waals surface area contributed by atoms with Crippen LogP contribution in [0.15, 0.2) is 42.5 Å². The summed E-state index contributed by atoms with van der Waals surface area (Å²) in [5, 5.41) is 10.3. The van der Waals surface area contributed by atoms with Crippen LogP contribution in [-0.2, 0) is 23.9 Å². The van der Waals surface area contributed by atoms with Crippen molar-refractivity contribution in [3.05, 3.63) is 53.8 Å². The van der Waals surface area contributed by atoms with E-state index < -0.39 is 41.5 Å². The van der Waals surface area contributed by atoms with E-state index in [-0.39, 0.29) is 24.2 Å². The molecule has 0 spiro atoms. The number of methoxy groups -OCH3 is 2. The summed E-state index contributed by atoms with van der Waals surface area (Å²) in [4.78, 5) is 48.9. The van der Waals surface area contributed by atoms with E-state index in [0.29, 0.717) is 11.3 Å². The van der Waals surface area contributed by atoms with Gasteiger partial charge in [0.25, 0.3) is 0 Å². The predicted molar refractivity (Wildman–Crippen MR) is 128 cm³/mol. The molecule has 4 rings (SSSR count). The lowest BCUT2D eigenvalue weighted by molar-refractivity contribution is -0.192. The molecule has 0 saturated carbocycles. The molecule has 210 valence electrons. The van der Waals surface area contributed by atoms with Crippen LogP contribution in [0.4, 0.5) is 17.6 Å². The Labute approximate surface area is 220 Å². The zero-order chi connectivity index (χ0) is 29.3. The first-order valence-corrected chi connectivity index (χ1v) is 11.7. The normalized spacial score (nSPS) is 24.1. The maximum atomic E-state index is 13.3. The summed E-state index contributed by atoms with van der Waals surface area (Å²) in [6.45, 7) is 3.57. The number of carboxylic acids is 1. The third-order valence-corrected chi connectivity index (χ3v) is 6.79. The van der Waals surface area contributed by atoms with Gasteiger partial charge < -0.3 is 14.6 Å². The van der Waals surface area contributed by atoms with Crippen molar-refractivity contribution in [1.82, 2.24) is 10.2 Å². The number of aliphatic carboxylic acids is 1. The highest BCUT2D eigenvalue weighted by atomic mass is 19.4. The summed E-state index contributed by atoms with van der Waals surface area (Å²) in [5.41, 5.74) is 0.889. The van der Waals surface area contributed by atoms with Crippen molar-refractivity contribution in [2.75, 3.05) is 20.8 Å². The number of carbonyl (C=O) groups is 4. The first-order chi connectivity index (χ1) is 18.2. The fourth-order valence-corrected chi connectivity index (χ4v) is 4.97. The molecule has 2 amide bonds. The molecule has 2 heterocycles. The highest BCUT2D eigenvalue weighted by molar-refractivity contribution is 6.09. The van der Waals surface area contributed by atoms with E-state index in [0.717, 1.165) is 11.1 Å². The zero-order valence-corrected chi connectivity index (χ0v) is 21.3. The van der Waals surface area contributed by atoms with Crippen molar-refractivity contribution in [2.45, 2.75) is 31.6 Å². The fourth-order valence-electron chi connectivity index (χ4n) is 4.97. The van der Waals surface area contributed by atoms with Gasteiger partial charge in [-0.2, -0.15) is 13.2 Å². The van der Waals surface area contributed by atoms with Gasteiger partial charge in [0.05, 0.1) is 26.1 Å². The largest absolute Gasteiger partial charge is 0.496 e. The maximum absolute atomic E-state index is 13.3. The van der Waals surface area contributed by atoms with Gasteiger partial charge in [0.2, 0.25) is 11.8 Å². The highest BCUT2D eigenvalue weighted by Gasteiger charge is 2.66. The predicted octanol–water partition coefficient (Wildman–Crippen LogP) is 3.33. The van der Waals surface area contributed by atoms with Gasteiger partial charge in [0.1, 0.15) is 17.1 Å². The Morgan fingerprint density at radius 2 is 1.67 bits per heavy atom. The molecule has 2 aliphatic heterocycles. The first kappa shape index (κ1) is 29.6. The molecule has 39 heavy (non-hydrogen) atoms. The molecule has 2 aromatic carbocycles. The molecule has 2 aromatic rings. The lowest BCUT2D eigenvalue weighted by Gasteiger charge is -2.28. The molecule has 9 nitrogen and oxygen atoms in total. The number of ether oxygens (including phenoxy) is 2. The molecule has 0 radical (unpaired) electrons. The van der Waals surface area contributed by atoms with Crippen LogP contribution >= 0.6 is 0 Å². The lowest BCUT2D eigenvalue weighted by Crippen LogP contribution is -2.53. The summed E-state index contributed by atoms with van der Waals surface area (Å²) in [6.07, 6.45) is -5.08. The minimum absolute atomic E-state index is 0.238. The van der Waals surface area contributed by atoms with Crippen molar-refractivity contribution in [1.29, 1.82) is 0 Å². The Kier molecular flexibility index (Phi) is 8.34. The smallest absolute Gasteiger partial charge is 0.490 e. The number of likely N-dealkylation sites (tertiary alicyclic amines) is 1. The van der Waals surface area contributed by atoms with Crippen LogP contribution in [0.5, 0.6) is 5.75 Å². The number of nitrogens with zero attached hydrogens (tertiary/aromatic N) is 1. The van der Waals surface area contributed by atoms with Crippen LogP contribution in [0, 0.1) is 17.7 Å². The van der Waals surface area contributed by atoms with Crippen LogP contribution < -0.4 is 10.1 Å². The summed E-state index contributed by atoms with van der Waals surface area (Å²) in [7, 11) is 2.79. The summed E-state index contributed by atoms with van der Waals surface area (Å²) >= 11 is 0. The van der Waals surface area contributed by atoms with Gasteiger partial charge in [0.15, 0.2) is 0 Å². The third kappa shape index (κ3) is 5.44. The number of benzene rings is 2. The number of hydrogen-bond donors (Lipinski definition) is 2. The van der Waals surface area contributed by atoms with Gasteiger partial charge in [-0.15, -0.1) is 0 Å². The second kappa shape index (κ2) is 11.0. The van der Waals surface area contributed by atoms with Gasteiger partial charge in [-0.05, 0) is 43.2 Å². The van der Waals surface area contributed by atoms with E-state index in [1.165, 1.54) is 31.3 Å². The number of fused-ring (bicyclic) bond motifs is 1. The number of alkyl halides is 3. The molecule has 2 aliphatic rings. The van der Waals surface area contributed by atoms with E-state index in [9.17, 15) is 31.9 Å². The number of hydrogen-bond acceptors (Lipinski definition) is 7. The van der Waals surface area contributed by atoms with Crippen molar-refractivity contribution in [3.8, 4) is 16.9 Å². The van der Waals surface area contributed by atoms with E-state index in [2.05, 4.69) is 5.32 Å². The van der Waals surface area contributed by atoms with E-state index in [4.69, 9.17) is 19.4 Å². The monoisotopic (exact) mass is 554 g/mol. The number of imide groups is 1. The molecular formula is C26H26F4N2O7. The number of carbonyl (C=O) groups excluding carboxylic acids is 3. The Bertz CT molecular complexity index is 1280. The minimum atomic E-state index is -5.08. The third-order valence-electron chi connectivity index (χ3n) is 6.79. The molecule has 0 unspecified atom stereocenters. The molecular weight excluding hydrogens is 528 g/mol. The van der Waals surface area contributed by atoms with Crippen molar-refractivity contribution in [2.24, 2.45) is 11.8 Å². The second-order valence-corrected chi connectivity index (χ2v) is 9.01. The van der Waals surface area contributed by atoms with E-state index >= 15 is 0 Å². The molecule has 0 aliphatic carbocycles. The Hall–Kier alpha value is -4.00. The van der Waals surface area contributed by atoms with Crippen LogP contribution in [0.2, 0.25) is 0 Å². The van der Waals surface area contributed by atoms with Crippen LogP contribution in [0.3, 0.4) is 0 Å². The summed E-state index contributed by atoms with van der Waals surface area (Å²) in [6, 6.07) is 10.9. The molecule has 0 bridgehead atoms. The molecule has 2 fully saturated rings. The average molecular weight is 554 g/mol. The Morgan fingerprint density at radius 1 is 1.08 bits per heavy atom. The lowest BCUT2D eigenvalue weighted by atomic mass is 9.80. The zero-order valence-electron chi connectivity index (χ0n) is 21.3. The van der Waals surface area contributed by atoms with Gasteiger partial charge >= 0.3 is 18.1 Å². The number of halogens is 4. The van der Waals surface area contributed by atoms with E-state index in [1.54, 1.807) is 32.0 Å². The number of rotatable bonds is 5. The second-order valence-electron chi connectivity index (χ2n) is 9.01. The van der Waals surface area contributed by atoms with Gasteiger partial charge in [-0.3, -0.25) is 24.6 Å². The van der Waals surface area contributed by atoms with Crippen LogP contribution in [0.1, 0.15) is 25.5 Å². The topological polar surface area (TPSA) is 122 Å². The number of nitrogens with one attached hydrogen (secondary N) is 1. The van der Waals surface area contributed by atoms with Crippen molar-refractivity contribution < 1.29 is 51.3 Å². The summed E-state index contributed by atoms with van der Waals surface area (Å²) < 4.78 is 55.6. The number of amides is 2. The molecule has 13 heteroatoms. The van der Waals surface area contributed by atoms with Gasteiger partial charge in [0, 0.05) is 18.2 Å². The van der Waals surface area contributed by atoms with Crippen molar-refractivity contribution in [3.63, 3.8) is 0 Å². The van der Waals surface area contributed by atoms with Gasteiger partial charge in [-0.1, -0.05) is 24.3 Å². The maximum Gasteiger partial charge on any atom is 0.490 e. The summed E-state index contributed by atoms with van der Waals surface area (Å²) in [5.74, 6) is -5.45. The first-order valence-electron chi connectivity index (χ1n) is 11.7. The van der Waals surface area contributed by atoms with E-state index in [1.807, 2.05) is 12.1 Å².